The first-order valence-electron chi connectivity index (χ1n) is 9.24. The van der Waals surface area contributed by atoms with Crippen molar-refractivity contribution in [2.24, 2.45) is 15.9 Å². The molecule has 0 radical (unpaired) electrons. The minimum atomic E-state index is 0.306. The number of morpholine rings is 1. The van der Waals surface area contributed by atoms with Gasteiger partial charge in [-0.25, -0.2) is 9.98 Å². The number of hydrogen-bond donors (Lipinski definition) is 1. The number of nitrogens with one attached hydrogen (secondary N) is 1. The molecule has 1 N–H and O–H groups in total. The Morgan fingerprint density at radius 2 is 2.35 bits per heavy atom. The highest BCUT2D eigenvalue weighted by molar-refractivity contribution is 5.99. The molecular weight excluding hydrogens is 326 g/mol. The van der Waals surface area contributed by atoms with Crippen LogP contribution in [0.25, 0.3) is 11.0 Å². The number of nitrogens with zero attached hydrogens (tertiary/aromatic N) is 4. The molecule has 3 heterocycles. The van der Waals surface area contributed by atoms with Crippen LogP contribution in [0.4, 0.5) is 0 Å². The highest BCUT2D eigenvalue weighted by Gasteiger charge is 2.28. The Morgan fingerprint density at radius 1 is 1.46 bits per heavy atom. The molecule has 0 bridgehead atoms. The van der Waals surface area contributed by atoms with E-state index in [9.17, 15) is 0 Å². The van der Waals surface area contributed by atoms with Crippen molar-refractivity contribution in [2.45, 2.75) is 32.4 Å². The fraction of sp³-hybridized carbons (Fsp3) is 0.450. The predicted octanol–water partition coefficient (Wildman–Crippen LogP) is 3.18. The summed E-state index contributed by atoms with van der Waals surface area (Å²) in [6.07, 6.45) is 8.29. The van der Waals surface area contributed by atoms with Crippen LogP contribution < -0.4 is 0 Å². The Hall–Kier alpha value is -2.47. The van der Waals surface area contributed by atoms with E-state index in [1.165, 1.54) is 18.4 Å². The van der Waals surface area contributed by atoms with Gasteiger partial charge in [0.25, 0.3) is 0 Å². The topological polar surface area (TPSA) is 65.9 Å². The summed E-state index contributed by atoms with van der Waals surface area (Å²) in [5.41, 5.74) is 3.24. The first-order valence-corrected chi connectivity index (χ1v) is 9.24. The van der Waals surface area contributed by atoms with Gasteiger partial charge in [0, 0.05) is 42.0 Å². The maximum absolute atomic E-state index is 5.54. The van der Waals surface area contributed by atoms with Crippen LogP contribution in [-0.4, -0.2) is 53.1 Å². The van der Waals surface area contributed by atoms with E-state index in [0.717, 1.165) is 42.3 Å². The molecular formula is C20H25N5O. The van der Waals surface area contributed by atoms with Crippen LogP contribution in [0.15, 0.2) is 46.4 Å². The lowest BCUT2D eigenvalue weighted by Crippen LogP contribution is -2.42. The molecule has 6 nitrogen and oxygen atoms in total. The van der Waals surface area contributed by atoms with Crippen molar-refractivity contribution in [1.29, 1.82) is 0 Å². The number of allylic oxidation sites excluding steroid dienone is 1. The number of pyridine rings is 1. The number of H-pyrrole nitrogens is 1. The van der Waals surface area contributed by atoms with E-state index in [1.807, 2.05) is 18.5 Å². The number of rotatable bonds is 6. The Labute approximate surface area is 153 Å². The van der Waals surface area contributed by atoms with E-state index < -0.39 is 0 Å². The van der Waals surface area contributed by atoms with Crippen LogP contribution in [0.5, 0.6) is 0 Å². The molecule has 1 aliphatic carbocycles. The van der Waals surface area contributed by atoms with Crippen LogP contribution in [-0.2, 0) is 11.3 Å². The van der Waals surface area contributed by atoms with Crippen LogP contribution in [0.2, 0.25) is 0 Å². The van der Waals surface area contributed by atoms with Crippen LogP contribution in [0, 0.1) is 5.92 Å². The second-order valence-corrected chi connectivity index (χ2v) is 7.00. The molecule has 0 spiro atoms. The summed E-state index contributed by atoms with van der Waals surface area (Å²) in [5.74, 6) is 1.46. The van der Waals surface area contributed by atoms with Gasteiger partial charge in [-0.2, -0.15) is 0 Å². The summed E-state index contributed by atoms with van der Waals surface area (Å²) in [5, 5.41) is 1.14. The van der Waals surface area contributed by atoms with Gasteiger partial charge < -0.3 is 14.6 Å². The van der Waals surface area contributed by atoms with Gasteiger partial charge >= 0.3 is 0 Å². The third-order valence-electron chi connectivity index (χ3n) is 5.08. The second-order valence-electron chi connectivity index (χ2n) is 7.00. The van der Waals surface area contributed by atoms with Crippen molar-refractivity contribution >= 4 is 23.5 Å². The summed E-state index contributed by atoms with van der Waals surface area (Å²) in [6.45, 7) is 8.91. The molecule has 1 atom stereocenters. The molecule has 2 aromatic heterocycles. The zero-order valence-corrected chi connectivity index (χ0v) is 15.2. The SMILES string of the molecule is C=N/C(=C\C(=N/Cc1ccnc2[nH]ccc12)C1CC1)N1CCOCC1C. The Bertz CT molecular complexity index is 849. The predicted molar refractivity (Wildman–Crippen MR) is 105 cm³/mol. The van der Waals surface area contributed by atoms with Gasteiger partial charge in [0.05, 0.1) is 25.8 Å². The first-order chi connectivity index (χ1) is 12.8. The van der Waals surface area contributed by atoms with Gasteiger partial charge in [-0.05, 0) is 44.2 Å². The van der Waals surface area contributed by atoms with Crippen LogP contribution >= 0.6 is 0 Å². The van der Waals surface area contributed by atoms with Crippen molar-refractivity contribution < 1.29 is 4.74 Å². The minimum Gasteiger partial charge on any atom is -0.377 e. The quantitative estimate of drug-likeness (QED) is 0.813. The number of hydrogen-bond acceptors (Lipinski definition) is 5. The molecule has 2 aromatic rings. The van der Waals surface area contributed by atoms with Crippen molar-refractivity contribution in [1.82, 2.24) is 14.9 Å². The fourth-order valence-electron chi connectivity index (χ4n) is 3.42. The average molecular weight is 351 g/mol. The highest BCUT2D eigenvalue weighted by Crippen LogP contribution is 2.32. The molecule has 1 aliphatic heterocycles. The van der Waals surface area contributed by atoms with Crippen LogP contribution in [0.3, 0.4) is 0 Å². The molecule has 26 heavy (non-hydrogen) atoms. The van der Waals surface area contributed by atoms with E-state index >= 15 is 0 Å². The third-order valence-corrected chi connectivity index (χ3v) is 5.08. The standard InChI is InChI=1S/C20H25N5O/c1-14-13-26-10-9-25(14)19(21-2)11-18(15-3-4-15)24-12-16-5-7-22-20-17(16)6-8-23-20/h5-8,11,14-15H,2-4,9-10,12-13H2,1H3,(H,22,23)/b19-11+,24-18+. The lowest BCUT2D eigenvalue weighted by Gasteiger charge is -2.35. The number of aliphatic imine (C=N–C) groups is 2. The van der Waals surface area contributed by atoms with Crippen molar-refractivity contribution in [2.75, 3.05) is 19.8 Å². The Morgan fingerprint density at radius 3 is 3.12 bits per heavy atom. The first kappa shape index (κ1) is 17.0. The number of ether oxygens (including phenoxy) is 1. The highest BCUT2D eigenvalue weighted by atomic mass is 16.5. The molecule has 136 valence electrons. The van der Waals surface area contributed by atoms with Crippen molar-refractivity contribution in [3.05, 3.63) is 42.0 Å². The van der Waals surface area contributed by atoms with Gasteiger partial charge in [-0.15, -0.1) is 0 Å². The lowest BCUT2D eigenvalue weighted by atomic mass is 10.1. The van der Waals surface area contributed by atoms with Gasteiger partial charge in [-0.3, -0.25) is 4.99 Å². The lowest BCUT2D eigenvalue weighted by molar-refractivity contribution is 0.0165. The summed E-state index contributed by atoms with van der Waals surface area (Å²) in [6, 6.07) is 4.41. The monoisotopic (exact) mass is 351 g/mol. The van der Waals surface area contributed by atoms with Crippen molar-refractivity contribution in [3.63, 3.8) is 0 Å². The van der Waals surface area contributed by atoms with E-state index in [2.05, 4.69) is 45.6 Å². The number of aromatic nitrogens is 2. The molecule has 1 saturated heterocycles. The van der Waals surface area contributed by atoms with Gasteiger partial charge in [-0.1, -0.05) is 0 Å². The van der Waals surface area contributed by atoms with E-state index in [0.29, 0.717) is 18.5 Å². The van der Waals surface area contributed by atoms with Gasteiger partial charge in [0.15, 0.2) is 0 Å². The van der Waals surface area contributed by atoms with Crippen molar-refractivity contribution in [3.8, 4) is 0 Å². The van der Waals surface area contributed by atoms with Gasteiger partial charge in [0.2, 0.25) is 0 Å². The summed E-state index contributed by atoms with van der Waals surface area (Å²) in [4.78, 5) is 19.0. The molecule has 2 aliphatic rings. The third kappa shape index (κ3) is 3.55. The maximum Gasteiger partial charge on any atom is 0.137 e. The molecule has 0 aromatic carbocycles. The molecule has 0 amide bonds. The smallest absolute Gasteiger partial charge is 0.137 e. The zero-order valence-electron chi connectivity index (χ0n) is 15.2. The van der Waals surface area contributed by atoms with Gasteiger partial charge in [0.1, 0.15) is 11.5 Å². The summed E-state index contributed by atoms with van der Waals surface area (Å²) < 4.78 is 5.54. The molecule has 2 fully saturated rings. The second kappa shape index (κ2) is 7.41. The molecule has 1 saturated carbocycles. The Kier molecular flexibility index (Phi) is 4.84. The molecule has 1 unspecified atom stereocenters. The molecule has 6 heteroatoms. The number of aromatic amines is 1. The maximum atomic E-state index is 5.54. The summed E-state index contributed by atoms with van der Waals surface area (Å²) >= 11 is 0. The zero-order chi connectivity index (χ0) is 17.9. The largest absolute Gasteiger partial charge is 0.377 e. The van der Waals surface area contributed by atoms with Crippen LogP contribution in [0.1, 0.15) is 25.3 Å². The number of fused-ring (bicyclic) bond motifs is 1. The van der Waals surface area contributed by atoms with E-state index in [-0.39, 0.29) is 0 Å². The fourth-order valence-corrected chi connectivity index (χ4v) is 3.42. The van der Waals surface area contributed by atoms with E-state index in [4.69, 9.17) is 9.73 Å². The minimum absolute atomic E-state index is 0.306. The average Bonchev–Trinajstić information content (AvgIpc) is 3.39. The Balaban J connectivity index is 1.59. The molecule has 4 rings (SSSR count). The van der Waals surface area contributed by atoms with E-state index in [1.54, 1.807) is 0 Å². The normalized spacial score (nSPS) is 22.0. The summed E-state index contributed by atoms with van der Waals surface area (Å²) in [7, 11) is 0.